The van der Waals surface area contributed by atoms with Gasteiger partial charge in [0.2, 0.25) is 11.8 Å². The Kier molecular flexibility index (Phi) is 5.55. The van der Waals surface area contributed by atoms with E-state index in [1.54, 1.807) is 6.07 Å². The first kappa shape index (κ1) is 17.2. The summed E-state index contributed by atoms with van der Waals surface area (Å²) in [6.45, 7) is 5.86. The van der Waals surface area contributed by atoms with E-state index in [9.17, 15) is 9.59 Å². The number of nitrogens with one attached hydrogen (secondary N) is 2. The fourth-order valence-corrected chi connectivity index (χ4v) is 2.40. The van der Waals surface area contributed by atoms with Gasteiger partial charge in [-0.15, -0.1) is 0 Å². The summed E-state index contributed by atoms with van der Waals surface area (Å²) in [5, 5.41) is 5.51. The van der Waals surface area contributed by atoms with Gasteiger partial charge in [-0.2, -0.15) is 0 Å². The number of anilines is 2. The topological polar surface area (TPSA) is 58.2 Å². The summed E-state index contributed by atoms with van der Waals surface area (Å²) in [6.07, 6.45) is -0.220. The van der Waals surface area contributed by atoms with Crippen molar-refractivity contribution < 1.29 is 9.59 Å². The molecule has 2 N–H and O–H groups in total. The molecule has 2 aromatic rings. The van der Waals surface area contributed by atoms with Crippen LogP contribution in [-0.4, -0.2) is 11.8 Å². The Balaban J connectivity index is 1.95. The predicted molar refractivity (Wildman–Crippen MR) is 96.7 cm³/mol. The molecule has 2 rings (SSSR count). The molecule has 0 spiro atoms. The van der Waals surface area contributed by atoms with Crippen molar-refractivity contribution in [2.45, 2.75) is 27.2 Å². The van der Waals surface area contributed by atoms with Crippen molar-refractivity contribution in [3.63, 3.8) is 0 Å². The smallest absolute Gasteiger partial charge is 0.233 e. The maximum Gasteiger partial charge on any atom is 0.233 e. The van der Waals surface area contributed by atoms with E-state index in [1.165, 1.54) is 0 Å². The lowest BCUT2D eigenvalue weighted by Crippen LogP contribution is -2.21. The summed E-state index contributed by atoms with van der Waals surface area (Å²) in [7, 11) is 0. The predicted octanol–water partition coefficient (Wildman–Crippen LogP) is 4.34. The molecule has 0 heterocycles. The minimum absolute atomic E-state index is 0.220. The normalized spacial score (nSPS) is 10.3. The Labute approximate surface area is 144 Å². The fraction of sp³-hybridized carbons (Fsp3) is 0.222. The molecule has 0 atom stereocenters. The van der Waals surface area contributed by atoms with E-state index in [2.05, 4.69) is 26.6 Å². The third-order valence-electron chi connectivity index (χ3n) is 3.64. The summed E-state index contributed by atoms with van der Waals surface area (Å²) in [4.78, 5) is 24.0. The average molecular weight is 375 g/mol. The van der Waals surface area contributed by atoms with Gasteiger partial charge in [0.05, 0.1) is 0 Å². The highest BCUT2D eigenvalue weighted by molar-refractivity contribution is 9.10. The van der Waals surface area contributed by atoms with Crippen molar-refractivity contribution >= 4 is 39.1 Å². The zero-order valence-electron chi connectivity index (χ0n) is 13.4. The molecule has 0 aliphatic rings. The number of amides is 2. The van der Waals surface area contributed by atoms with Gasteiger partial charge < -0.3 is 10.6 Å². The van der Waals surface area contributed by atoms with Crippen LogP contribution >= 0.6 is 15.9 Å². The van der Waals surface area contributed by atoms with Crippen molar-refractivity contribution in [1.82, 2.24) is 0 Å². The van der Waals surface area contributed by atoms with E-state index in [0.717, 1.165) is 26.9 Å². The molecule has 0 aliphatic heterocycles. The Hall–Kier alpha value is -2.14. The molecule has 0 bridgehead atoms. The van der Waals surface area contributed by atoms with Gasteiger partial charge in [0, 0.05) is 15.8 Å². The van der Waals surface area contributed by atoms with Gasteiger partial charge in [0.15, 0.2) is 0 Å². The Bertz CT molecular complexity index is 757. The van der Waals surface area contributed by atoms with Crippen molar-refractivity contribution in [2.75, 3.05) is 10.6 Å². The third kappa shape index (κ3) is 4.66. The fourth-order valence-electron chi connectivity index (χ4n) is 2.15. The third-order valence-corrected chi connectivity index (χ3v) is 4.53. The Morgan fingerprint density at radius 2 is 1.65 bits per heavy atom. The van der Waals surface area contributed by atoms with Crippen LogP contribution in [0.3, 0.4) is 0 Å². The summed E-state index contributed by atoms with van der Waals surface area (Å²) >= 11 is 3.41. The van der Waals surface area contributed by atoms with Crippen LogP contribution in [0, 0.1) is 20.8 Å². The van der Waals surface area contributed by atoms with Gasteiger partial charge in [0.25, 0.3) is 0 Å². The van der Waals surface area contributed by atoms with Gasteiger partial charge in [-0.3, -0.25) is 9.59 Å². The largest absolute Gasteiger partial charge is 0.326 e. The zero-order valence-corrected chi connectivity index (χ0v) is 15.0. The minimum Gasteiger partial charge on any atom is -0.326 e. The SMILES string of the molecule is Cc1cc(NC(=O)CC(=O)Nc2cccc(C)c2C)ccc1Br. The van der Waals surface area contributed by atoms with Crippen molar-refractivity contribution in [3.8, 4) is 0 Å². The Morgan fingerprint density at radius 1 is 0.957 bits per heavy atom. The molecule has 0 radical (unpaired) electrons. The molecule has 0 fully saturated rings. The molecule has 120 valence electrons. The van der Waals surface area contributed by atoms with Crippen LogP contribution in [0.15, 0.2) is 40.9 Å². The standard InChI is InChI=1S/C18H19BrN2O2/c1-11-5-4-6-16(13(11)3)21-18(23)10-17(22)20-14-7-8-15(19)12(2)9-14/h4-9H,10H2,1-3H3,(H,20,22)(H,21,23). The van der Waals surface area contributed by atoms with E-state index in [4.69, 9.17) is 0 Å². The number of hydrogen-bond acceptors (Lipinski definition) is 2. The molecule has 0 aromatic heterocycles. The highest BCUT2D eigenvalue weighted by Crippen LogP contribution is 2.20. The van der Waals surface area contributed by atoms with Gasteiger partial charge in [-0.25, -0.2) is 0 Å². The summed E-state index contributed by atoms with van der Waals surface area (Å²) in [5.41, 5.74) is 4.53. The number of rotatable bonds is 4. The molecular formula is C18H19BrN2O2. The second kappa shape index (κ2) is 7.42. The Morgan fingerprint density at radius 3 is 2.35 bits per heavy atom. The van der Waals surface area contributed by atoms with Gasteiger partial charge in [0.1, 0.15) is 6.42 Å². The summed E-state index contributed by atoms with van der Waals surface area (Å²) in [5.74, 6) is -0.667. The molecular weight excluding hydrogens is 356 g/mol. The number of carbonyl (C=O) groups is 2. The molecule has 0 unspecified atom stereocenters. The lowest BCUT2D eigenvalue weighted by atomic mass is 10.1. The highest BCUT2D eigenvalue weighted by Gasteiger charge is 2.12. The average Bonchev–Trinajstić information content (AvgIpc) is 2.47. The summed E-state index contributed by atoms with van der Waals surface area (Å²) in [6, 6.07) is 11.2. The first-order valence-electron chi connectivity index (χ1n) is 7.29. The second-order valence-electron chi connectivity index (χ2n) is 5.48. The van der Waals surface area contributed by atoms with E-state index in [-0.39, 0.29) is 18.2 Å². The van der Waals surface area contributed by atoms with Crippen molar-refractivity contribution in [2.24, 2.45) is 0 Å². The van der Waals surface area contributed by atoms with Gasteiger partial charge >= 0.3 is 0 Å². The first-order chi connectivity index (χ1) is 10.9. The number of benzene rings is 2. The number of hydrogen-bond donors (Lipinski definition) is 2. The van der Waals surface area contributed by atoms with Crippen LogP contribution in [0.4, 0.5) is 11.4 Å². The van der Waals surface area contributed by atoms with E-state index < -0.39 is 0 Å². The van der Waals surface area contributed by atoms with Crippen LogP contribution in [0.1, 0.15) is 23.1 Å². The summed E-state index contributed by atoms with van der Waals surface area (Å²) < 4.78 is 0.975. The lowest BCUT2D eigenvalue weighted by molar-refractivity contribution is -0.123. The molecule has 0 aliphatic carbocycles. The van der Waals surface area contributed by atoms with Crippen molar-refractivity contribution in [1.29, 1.82) is 0 Å². The van der Waals surface area contributed by atoms with Gasteiger partial charge in [-0.1, -0.05) is 28.1 Å². The molecule has 23 heavy (non-hydrogen) atoms. The van der Waals surface area contributed by atoms with Crippen LogP contribution in [-0.2, 0) is 9.59 Å². The quantitative estimate of drug-likeness (QED) is 0.781. The maximum absolute atomic E-state index is 12.0. The molecule has 0 saturated heterocycles. The molecule has 4 nitrogen and oxygen atoms in total. The number of halogens is 1. The van der Waals surface area contributed by atoms with Crippen LogP contribution in [0.2, 0.25) is 0 Å². The molecule has 2 amide bonds. The minimum atomic E-state index is -0.338. The lowest BCUT2D eigenvalue weighted by Gasteiger charge is -2.11. The molecule has 5 heteroatoms. The number of aryl methyl sites for hydroxylation is 2. The zero-order chi connectivity index (χ0) is 17.0. The second-order valence-corrected chi connectivity index (χ2v) is 6.34. The maximum atomic E-state index is 12.0. The van der Waals surface area contributed by atoms with E-state index in [0.29, 0.717) is 5.69 Å². The van der Waals surface area contributed by atoms with Crippen LogP contribution in [0.5, 0.6) is 0 Å². The first-order valence-corrected chi connectivity index (χ1v) is 8.08. The van der Waals surface area contributed by atoms with E-state index >= 15 is 0 Å². The van der Waals surface area contributed by atoms with Crippen LogP contribution < -0.4 is 10.6 Å². The highest BCUT2D eigenvalue weighted by atomic mass is 79.9. The molecule has 0 saturated carbocycles. The number of carbonyl (C=O) groups excluding carboxylic acids is 2. The monoisotopic (exact) mass is 374 g/mol. The van der Waals surface area contributed by atoms with E-state index in [1.807, 2.05) is 51.1 Å². The van der Waals surface area contributed by atoms with Gasteiger partial charge in [-0.05, 0) is 61.7 Å². The van der Waals surface area contributed by atoms with Crippen molar-refractivity contribution in [3.05, 3.63) is 57.6 Å². The van der Waals surface area contributed by atoms with Crippen LogP contribution in [0.25, 0.3) is 0 Å². The molecule has 2 aromatic carbocycles.